The van der Waals surface area contributed by atoms with E-state index in [1.807, 2.05) is 0 Å². The molecule has 2 rings (SSSR count). The van der Waals surface area contributed by atoms with Gasteiger partial charge in [-0.25, -0.2) is 0 Å². The van der Waals surface area contributed by atoms with Crippen LogP contribution in [0.25, 0.3) is 0 Å². The smallest absolute Gasteiger partial charge is 0.324 e. The van der Waals surface area contributed by atoms with Crippen LogP contribution < -0.4 is 4.90 Å². The van der Waals surface area contributed by atoms with Gasteiger partial charge in [0.2, 0.25) is 5.91 Å². The van der Waals surface area contributed by atoms with E-state index in [1.165, 1.54) is 4.90 Å². The molecule has 0 aliphatic carbocycles. The zero-order valence-corrected chi connectivity index (χ0v) is 8.77. The van der Waals surface area contributed by atoms with Crippen molar-refractivity contribution in [3.63, 3.8) is 0 Å². The fourth-order valence-corrected chi connectivity index (χ4v) is 1.61. The number of carbonyl (C=O) groups excluding carboxylic acids is 1. The van der Waals surface area contributed by atoms with Crippen molar-refractivity contribution in [2.45, 2.75) is 0 Å². The molecule has 1 aromatic heterocycles. The van der Waals surface area contributed by atoms with E-state index in [-0.39, 0.29) is 13.2 Å². The number of hydrogen-bond acceptors (Lipinski definition) is 3. The molecule has 6 heteroatoms. The van der Waals surface area contributed by atoms with Gasteiger partial charge in [0.1, 0.15) is 0 Å². The zero-order valence-electron chi connectivity index (χ0n) is 8.77. The van der Waals surface area contributed by atoms with E-state index in [0.717, 1.165) is 0 Å². The molecule has 0 aromatic carbocycles. The van der Waals surface area contributed by atoms with Crippen LogP contribution in [0, 0.1) is 5.41 Å². The average Bonchev–Trinajstić information content (AvgIpc) is 2.66. The predicted molar refractivity (Wildman–Crippen MR) is 55.1 cm³/mol. The van der Waals surface area contributed by atoms with Crippen molar-refractivity contribution >= 4 is 17.6 Å². The van der Waals surface area contributed by atoms with Crippen LogP contribution in [-0.4, -0.2) is 42.2 Å². The Morgan fingerprint density at radius 1 is 1.56 bits per heavy atom. The number of amides is 1. The van der Waals surface area contributed by atoms with Crippen LogP contribution in [0.3, 0.4) is 0 Å². The van der Waals surface area contributed by atoms with Crippen LogP contribution in [-0.2, 0) is 14.3 Å². The first-order valence-corrected chi connectivity index (χ1v) is 4.80. The van der Waals surface area contributed by atoms with Crippen molar-refractivity contribution in [1.82, 2.24) is 4.98 Å². The number of H-pyrrole nitrogens is 1. The molecule has 1 aromatic rings. The fraction of sp³-hybridized carbons (Fsp3) is 0.400. The maximum Gasteiger partial charge on any atom is 0.324 e. The lowest BCUT2D eigenvalue weighted by Crippen LogP contribution is -2.59. The number of hydrogen-bond donors (Lipinski definition) is 2. The first kappa shape index (κ1) is 10.7. The molecule has 2 heterocycles. The summed E-state index contributed by atoms with van der Waals surface area (Å²) in [6, 6.07) is 1.70. The maximum absolute atomic E-state index is 12.0. The van der Waals surface area contributed by atoms with Gasteiger partial charge in [0.05, 0.1) is 18.9 Å². The third-order valence-electron chi connectivity index (χ3n) is 2.79. The number of rotatable bonds is 3. The Labute approximate surface area is 91.8 Å². The second kappa shape index (κ2) is 3.64. The maximum atomic E-state index is 12.0. The number of carboxylic acids is 1. The van der Waals surface area contributed by atoms with Gasteiger partial charge in [-0.1, -0.05) is 0 Å². The standard InChI is InChI=1S/C10H12N2O4/c1-12(7-2-3-11-4-7)8(13)10(9(14)15)5-16-6-10/h2-4,11H,5-6H2,1H3,(H,14,15). The molecule has 6 nitrogen and oxygen atoms in total. The topological polar surface area (TPSA) is 82.6 Å². The van der Waals surface area contributed by atoms with Crippen LogP contribution in [0.4, 0.5) is 5.69 Å². The largest absolute Gasteiger partial charge is 0.480 e. The molecule has 86 valence electrons. The number of ether oxygens (including phenoxy) is 1. The molecule has 0 saturated carbocycles. The van der Waals surface area contributed by atoms with Crippen LogP contribution in [0.2, 0.25) is 0 Å². The predicted octanol–water partition coefficient (Wildman–Crippen LogP) is 0.0787. The Balaban J connectivity index is 2.22. The summed E-state index contributed by atoms with van der Waals surface area (Å²) in [5.74, 6) is -1.59. The molecular formula is C10H12N2O4. The van der Waals surface area contributed by atoms with E-state index in [1.54, 1.807) is 25.5 Å². The van der Waals surface area contributed by atoms with Crippen LogP contribution in [0.15, 0.2) is 18.5 Å². The lowest BCUT2D eigenvalue weighted by Gasteiger charge is -2.38. The molecular weight excluding hydrogens is 212 g/mol. The molecule has 0 atom stereocenters. The van der Waals surface area contributed by atoms with E-state index in [0.29, 0.717) is 5.69 Å². The fourth-order valence-electron chi connectivity index (χ4n) is 1.61. The molecule has 1 saturated heterocycles. The lowest BCUT2D eigenvalue weighted by atomic mass is 9.84. The summed E-state index contributed by atoms with van der Waals surface area (Å²) in [7, 11) is 1.55. The second-order valence-electron chi connectivity index (χ2n) is 3.81. The van der Waals surface area contributed by atoms with Crippen molar-refractivity contribution < 1.29 is 19.4 Å². The van der Waals surface area contributed by atoms with E-state index in [2.05, 4.69) is 4.98 Å². The highest BCUT2D eigenvalue weighted by molar-refractivity contribution is 6.10. The minimum Gasteiger partial charge on any atom is -0.480 e. The van der Waals surface area contributed by atoms with E-state index in [9.17, 15) is 9.59 Å². The molecule has 1 aliphatic heterocycles. The van der Waals surface area contributed by atoms with Crippen molar-refractivity contribution in [2.75, 3.05) is 25.2 Å². The third-order valence-corrected chi connectivity index (χ3v) is 2.79. The molecule has 0 unspecified atom stereocenters. The summed E-state index contributed by atoms with van der Waals surface area (Å²) in [5.41, 5.74) is -0.774. The minimum atomic E-state index is -1.41. The van der Waals surface area contributed by atoms with Crippen LogP contribution >= 0.6 is 0 Å². The van der Waals surface area contributed by atoms with Gasteiger partial charge >= 0.3 is 5.97 Å². The molecule has 2 N–H and O–H groups in total. The van der Waals surface area contributed by atoms with Gasteiger partial charge in [0.15, 0.2) is 5.41 Å². The van der Waals surface area contributed by atoms with Crippen LogP contribution in [0.5, 0.6) is 0 Å². The Hall–Kier alpha value is -1.82. The summed E-state index contributed by atoms with van der Waals surface area (Å²) in [4.78, 5) is 27.3. The van der Waals surface area contributed by atoms with Gasteiger partial charge in [-0.3, -0.25) is 9.59 Å². The zero-order chi connectivity index (χ0) is 11.8. The summed E-state index contributed by atoms with van der Waals surface area (Å²) >= 11 is 0. The van der Waals surface area contributed by atoms with Gasteiger partial charge in [-0.05, 0) is 6.07 Å². The van der Waals surface area contributed by atoms with E-state index in [4.69, 9.17) is 9.84 Å². The molecule has 1 aliphatic rings. The molecule has 0 bridgehead atoms. The summed E-state index contributed by atoms with van der Waals surface area (Å²) in [6.07, 6.45) is 3.30. The Morgan fingerprint density at radius 3 is 2.62 bits per heavy atom. The number of nitrogens with zero attached hydrogens (tertiary/aromatic N) is 1. The van der Waals surface area contributed by atoms with Gasteiger partial charge in [0.25, 0.3) is 0 Å². The molecule has 0 radical (unpaired) electrons. The Morgan fingerprint density at radius 2 is 2.25 bits per heavy atom. The number of anilines is 1. The quantitative estimate of drug-likeness (QED) is 0.712. The highest BCUT2D eigenvalue weighted by Crippen LogP contribution is 2.31. The summed E-state index contributed by atoms with van der Waals surface area (Å²) in [6.45, 7) is -0.119. The molecule has 1 amide bonds. The molecule has 1 fully saturated rings. The number of carbonyl (C=O) groups is 2. The number of aromatic amines is 1. The van der Waals surface area contributed by atoms with E-state index < -0.39 is 17.3 Å². The van der Waals surface area contributed by atoms with Crippen molar-refractivity contribution in [3.8, 4) is 0 Å². The number of aromatic nitrogens is 1. The second-order valence-corrected chi connectivity index (χ2v) is 3.81. The van der Waals surface area contributed by atoms with Gasteiger partial charge in [-0.15, -0.1) is 0 Å². The average molecular weight is 224 g/mol. The van der Waals surface area contributed by atoms with Gasteiger partial charge in [0, 0.05) is 19.4 Å². The number of carboxylic acid groups (broad SMARTS) is 1. The van der Waals surface area contributed by atoms with Crippen molar-refractivity contribution in [1.29, 1.82) is 0 Å². The first-order valence-electron chi connectivity index (χ1n) is 4.80. The van der Waals surface area contributed by atoms with Crippen LogP contribution in [0.1, 0.15) is 0 Å². The van der Waals surface area contributed by atoms with E-state index >= 15 is 0 Å². The van der Waals surface area contributed by atoms with Crippen molar-refractivity contribution in [3.05, 3.63) is 18.5 Å². The highest BCUT2D eigenvalue weighted by Gasteiger charge is 2.54. The number of nitrogens with one attached hydrogen (secondary N) is 1. The highest BCUT2D eigenvalue weighted by atomic mass is 16.5. The van der Waals surface area contributed by atoms with Crippen molar-refractivity contribution in [2.24, 2.45) is 5.41 Å². The molecule has 0 spiro atoms. The first-order chi connectivity index (χ1) is 7.58. The van der Waals surface area contributed by atoms with Gasteiger partial charge < -0.3 is 19.7 Å². The molecule has 16 heavy (non-hydrogen) atoms. The Kier molecular flexibility index (Phi) is 2.43. The normalized spacial score (nSPS) is 17.6. The lowest BCUT2D eigenvalue weighted by molar-refractivity contribution is -0.183. The van der Waals surface area contributed by atoms with Gasteiger partial charge in [-0.2, -0.15) is 0 Å². The SMILES string of the molecule is CN(C(=O)C1(C(=O)O)COC1)c1cc[nH]c1. The monoisotopic (exact) mass is 224 g/mol. The number of aliphatic carboxylic acids is 1. The summed E-state index contributed by atoms with van der Waals surface area (Å²) < 4.78 is 4.85. The Bertz CT molecular complexity index is 408. The summed E-state index contributed by atoms with van der Waals surface area (Å²) in [5, 5.41) is 9.07. The minimum absolute atomic E-state index is 0.0596. The third kappa shape index (κ3) is 1.38.